The second-order valence-electron chi connectivity index (χ2n) is 4.51. The van der Waals surface area contributed by atoms with E-state index in [0.29, 0.717) is 24.2 Å². The third-order valence-corrected chi connectivity index (χ3v) is 3.23. The van der Waals surface area contributed by atoms with Crippen LogP contribution in [0.2, 0.25) is 0 Å². The summed E-state index contributed by atoms with van der Waals surface area (Å²) in [4.78, 5) is 24.5. The van der Waals surface area contributed by atoms with E-state index in [0.717, 1.165) is 5.69 Å². The number of hydrogen-bond acceptors (Lipinski definition) is 4. The molecule has 0 saturated heterocycles. The van der Waals surface area contributed by atoms with Crippen LogP contribution in [-0.4, -0.2) is 37.6 Å². The Hall–Kier alpha value is -2.08. The van der Waals surface area contributed by atoms with Gasteiger partial charge in [-0.15, -0.1) is 0 Å². The van der Waals surface area contributed by atoms with Gasteiger partial charge in [-0.05, 0) is 12.1 Å². The number of anilines is 2. The Kier molecular flexibility index (Phi) is 3.71. The van der Waals surface area contributed by atoms with Gasteiger partial charge >= 0.3 is 0 Å². The summed E-state index contributed by atoms with van der Waals surface area (Å²) in [5.41, 5.74) is 2.10. The van der Waals surface area contributed by atoms with Crippen LogP contribution < -0.4 is 15.5 Å². The van der Waals surface area contributed by atoms with Crippen molar-refractivity contribution in [3.63, 3.8) is 0 Å². The van der Waals surface area contributed by atoms with Gasteiger partial charge in [-0.25, -0.2) is 0 Å². The number of carbonyl (C=O) groups excluding carboxylic acids is 2. The molecule has 3 N–H and O–H groups in total. The molecule has 0 bridgehead atoms. The highest BCUT2D eigenvalue weighted by Crippen LogP contribution is 2.33. The van der Waals surface area contributed by atoms with Gasteiger partial charge in [0.05, 0.1) is 0 Å². The van der Waals surface area contributed by atoms with E-state index in [9.17, 15) is 14.7 Å². The Bertz CT molecular complexity index is 516. The van der Waals surface area contributed by atoms with Crippen LogP contribution in [-0.2, 0) is 9.59 Å². The molecule has 6 nitrogen and oxygen atoms in total. The third-order valence-electron chi connectivity index (χ3n) is 3.23. The molecule has 1 aromatic rings. The zero-order valence-electron chi connectivity index (χ0n) is 10.9. The summed E-state index contributed by atoms with van der Waals surface area (Å²) in [5, 5.41) is 14.8. The maximum atomic E-state index is 11.3. The highest BCUT2D eigenvalue weighted by Gasteiger charge is 2.28. The molecule has 0 spiro atoms. The Labute approximate surface area is 111 Å². The van der Waals surface area contributed by atoms with Crippen LogP contribution in [0, 0.1) is 0 Å². The highest BCUT2D eigenvalue weighted by atomic mass is 16.3. The molecule has 0 aliphatic carbocycles. The summed E-state index contributed by atoms with van der Waals surface area (Å²) in [7, 11) is 3.48. The van der Waals surface area contributed by atoms with Crippen LogP contribution in [0.15, 0.2) is 18.2 Å². The van der Waals surface area contributed by atoms with Crippen molar-refractivity contribution in [2.45, 2.75) is 12.5 Å². The predicted octanol–water partition coefficient (Wildman–Crippen LogP) is 0.244. The molecule has 1 heterocycles. The zero-order chi connectivity index (χ0) is 14.0. The second-order valence-corrected chi connectivity index (χ2v) is 4.51. The quantitative estimate of drug-likeness (QED) is 0.727. The van der Waals surface area contributed by atoms with Gasteiger partial charge in [0.25, 0.3) is 5.91 Å². The van der Waals surface area contributed by atoms with E-state index in [4.69, 9.17) is 0 Å². The average molecular weight is 263 g/mol. The van der Waals surface area contributed by atoms with Crippen molar-refractivity contribution in [3.05, 3.63) is 23.8 Å². The molecule has 1 aliphatic rings. The Morgan fingerprint density at radius 3 is 2.95 bits per heavy atom. The summed E-state index contributed by atoms with van der Waals surface area (Å²) in [6.07, 6.45) is -0.681. The number of benzene rings is 1. The zero-order valence-corrected chi connectivity index (χ0v) is 10.9. The van der Waals surface area contributed by atoms with Crippen molar-refractivity contribution in [3.8, 4) is 0 Å². The minimum atomic E-state index is -1.08. The van der Waals surface area contributed by atoms with Crippen molar-refractivity contribution in [2.24, 2.45) is 0 Å². The van der Waals surface area contributed by atoms with E-state index >= 15 is 0 Å². The van der Waals surface area contributed by atoms with Gasteiger partial charge in [0.2, 0.25) is 5.91 Å². The lowest BCUT2D eigenvalue weighted by atomic mass is 10.1. The molecule has 6 heteroatoms. The lowest BCUT2D eigenvalue weighted by Gasteiger charge is -2.19. The van der Waals surface area contributed by atoms with Crippen molar-refractivity contribution in [1.82, 2.24) is 5.32 Å². The number of aliphatic hydroxyl groups is 1. The first-order valence-electron chi connectivity index (χ1n) is 6.07. The van der Waals surface area contributed by atoms with Crippen LogP contribution in [0.1, 0.15) is 18.1 Å². The van der Waals surface area contributed by atoms with Crippen molar-refractivity contribution in [2.75, 3.05) is 30.9 Å². The largest absolute Gasteiger partial charge is 0.378 e. The van der Waals surface area contributed by atoms with Crippen molar-refractivity contribution >= 4 is 23.2 Å². The maximum absolute atomic E-state index is 11.3. The van der Waals surface area contributed by atoms with E-state index in [2.05, 4.69) is 10.6 Å². The molecule has 2 amide bonds. The lowest BCUT2D eigenvalue weighted by Crippen LogP contribution is -2.26. The molecule has 1 unspecified atom stereocenters. The lowest BCUT2D eigenvalue weighted by molar-refractivity contribution is -0.123. The molecular formula is C13H17N3O3. The van der Waals surface area contributed by atoms with E-state index in [1.807, 2.05) is 18.0 Å². The van der Waals surface area contributed by atoms with E-state index < -0.39 is 12.0 Å². The molecule has 0 aromatic heterocycles. The molecule has 0 radical (unpaired) electrons. The van der Waals surface area contributed by atoms with Gasteiger partial charge in [0, 0.05) is 44.0 Å². The monoisotopic (exact) mass is 263 g/mol. The summed E-state index contributed by atoms with van der Waals surface area (Å²) in [5.74, 6) is -0.420. The molecular weight excluding hydrogens is 246 g/mol. The number of carbonyl (C=O) groups is 2. The van der Waals surface area contributed by atoms with Crippen LogP contribution in [0.3, 0.4) is 0 Å². The van der Waals surface area contributed by atoms with Crippen LogP contribution >= 0.6 is 0 Å². The third kappa shape index (κ3) is 2.68. The van der Waals surface area contributed by atoms with Crippen LogP contribution in [0.5, 0.6) is 0 Å². The Balaban J connectivity index is 2.08. The minimum Gasteiger partial charge on any atom is -0.378 e. The molecule has 1 aliphatic heterocycles. The van der Waals surface area contributed by atoms with Gasteiger partial charge < -0.3 is 20.6 Å². The molecule has 0 saturated carbocycles. The molecule has 0 fully saturated rings. The first kappa shape index (κ1) is 13.4. The molecule has 102 valence electrons. The summed E-state index contributed by atoms with van der Waals surface area (Å²) >= 11 is 0. The number of rotatable bonds is 4. The maximum Gasteiger partial charge on any atom is 0.257 e. The number of nitrogens with zero attached hydrogens (tertiary/aromatic N) is 1. The topological polar surface area (TPSA) is 81.7 Å². The number of amides is 2. The smallest absolute Gasteiger partial charge is 0.257 e. The highest BCUT2D eigenvalue weighted by molar-refractivity contribution is 6.02. The SMILES string of the molecule is CNC(=O)CCN(C)c1ccc2c(c1)NC(=O)C2O. The van der Waals surface area contributed by atoms with Gasteiger partial charge in [0.15, 0.2) is 6.10 Å². The first-order valence-corrected chi connectivity index (χ1v) is 6.07. The molecule has 1 aromatic carbocycles. The Morgan fingerprint density at radius 1 is 1.53 bits per heavy atom. The average Bonchev–Trinajstić information content (AvgIpc) is 2.70. The minimum absolute atomic E-state index is 0.0169. The van der Waals surface area contributed by atoms with Gasteiger partial charge in [0.1, 0.15) is 0 Å². The number of hydrogen-bond donors (Lipinski definition) is 3. The van der Waals surface area contributed by atoms with Crippen molar-refractivity contribution < 1.29 is 14.7 Å². The van der Waals surface area contributed by atoms with E-state index in [1.54, 1.807) is 19.2 Å². The summed E-state index contributed by atoms with van der Waals surface area (Å²) in [6, 6.07) is 5.35. The first-order chi connectivity index (χ1) is 9.02. The van der Waals surface area contributed by atoms with Crippen molar-refractivity contribution in [1.29, 1.82) is 0 Å². The number of nitrogens with one attached hydrogen (secondary N) is 2. The fourth-order valence-corrected chi connectivity index (χ4v) is 1.99. The van der Waals surface area contributed by atoms with E-state index in [1.165, 1.54) is 0 Å². The summed E-state index contributed by atoms with van der Waals surface area (Å²) in [6.45, 7) is 0.578. The van der Waals surface area contributed by atoms with Gasteiger partial charge in [-0.3, -0.25) is 9.59 Å². The molecule has 19 heavy (non-hydrogen) atoms. The fraction of sp³-hybridized carbons (Fsp3) is 0.385. The standard InChI is InChI=1S/C13H17N3O3/c1-14-11(17)5-6-16(2)8-3-4-9-10(7-8)15-13(19)12(9)18/h3-4,7,12,18H,5-6H2,1-2H3,(H,14,17)(H,15,19). The van der Waals surface area contributed by atoms with Gasteiger partial charge in [-0.2, -0.15) is 0 Å². The molecule has 1 atom stereocenters. The Morgan fingerprint density at radius 2 is 2.26 bits per heavy atom. The van der Waals surface area contributed by atoms with Gasteiger partial charge in [-0.1, -0.05) is 6.07 Å². The fourth-order valence-electron chi connectivity index (χ4n) is 1.99. The predicted molar refractivity (Wildman–Crippen MR) is 72.0 cm³/mol. The molecule has 2 rings (SSSR count). The summed E-state index contributed by atoms with van der Waals surface area (Å²) < 4.78 is 0. The normalized spacial score (nSPS) is 16.8. The number of fused-ring (bicyclic) bond motifs is 1. The second kappa shape index (κ2) is 5.27. The van der Waals surface area contributed by atoms with E-state index in [-0.39, 0.29) is 5.91 Å². The number of aliphatic hydroxyl groups excluding tert-OH is 1. The van der Waals surface area contributed by atoms with Crippen LogP contribution in [0.25, 0.3) is 0 Å². The van der Waals surface area contributed by atoms with Crippen LogP contribution in [0.4, 0.5) is 11.4 Å².